The van der Waals surface area contributed by atoms with Gasteiger partial charge in [-0.05, 0) is 31.2 Å². The molecule has 17 heavy (non-hydrogen) atoms. The lowest BCUT2D eigenvalue weighted by Crippen LogP contribution is -2.50. The summed E-state index contributed by atoms with van der Waals surface area (Å²) < 4.78 is 0. The Morgan fingerprint density at radius 1 is 1.29 bits per heavy atom. The summed E-state index contributed by atoms with van der Waals surface area (Å²) in [6.07, 6.45) is 3.00. The number of hydrogen-bond acceptors (Lipinski definition) is 3. The van der Waals surface area contributed by atoms with Gasteiger partial charge in [0, 0.05) is 19.4 Å². The fourth-order valence-corrected chi connectivity index (χ4v) is 3.00. The van der Waals surface area contributed by atoms with E-state index < -0.39 is 0 Å². The van der Waals surface area contributed by atoms with Gasteiger partial charge in [0.05, 0.1) is 6.04 Å². The molecule has 96 valence electrons. The van der Waals surface area contributed by atoms with Crippen LogP contribution in [0.25, 0.3) is 0 Å². The molecule has 0 saturated carbocycles. The van der Waals surface area contributed by atoms with Crippen LogP contribution in [0.1, 0.15) is 39.5 Å². The molecule has 2 rings (SSSR count). The van der Waals surface area contributed by atoms with Gasteiger partial charge in [0.1, 0.15) is 0 Å². The Labute approximate surface area is 103 Å². The van der Waals surface area contributed by atoms with E-state index >= 15 is 0 Å². The molecule has 0 aliphatic carbocycles. The Morgan fingerprint density at radius 2 is 1.94 bits per heavy atom. The van der Waals surface area contributed by atoms with Crippen molar-refractivity contribution in [3.8, 4) is 0 Å². The molecule has 0 aromatic heterocycles. The Balaban J connectivity index is 1.98. The number of hydrogen-bond donors (Lipinski definition) is 1. The minimum atomic E-state index is 0.0422. The van der Waals surface area contributed by atoms with Crippen LogP contribution < -0.4 is 5.32 Å². The Hall–Kier alpha value is -0.900. The molecule has 4 nitrogen and oxygen atoms in total. The average Bonchev–Trinajstić information content (AvgIpc) is 2.68. The molecule has 0 bridgehead atoms. The number of imide groups is 1. The van der Waals surface area contributed by atoms with Gasteiger partial charge in [-0.2, -0.15) is 0 Å². The third kappa shape index (κ3) is 2.86. The number of rotatable bonds is 3. The smallest absolute Gasteiger partial charge is 0.229 e. The summed E-state index contributed by atoms with van der Waals surface area (Å²) in [4.78, 5) is 25.6. The zero-order valence-electron chi connectivity index (χ0n) is 10.7. The van der Waals surface area contributed by atoms with Gasteiger partial charge < -0.3 is 5.32 Å². The Kier molecular flexibility index (Phi) is 3.82. The molecule has 2 aliphatic rings. The highest BCUT2D eigenvalue weighted by Gasteiger charge is 2.37. The molecule has 2 amide bonds. The second-order valence-corrected chi connectivity index (χ2v) is 5.71. The van der Waals surface area contributed by atoms with E-state index in [9.17, 15) is 9.59 Å². The first-order valence-electron chi connectivity index (χ1n) is 6.63. The maximum atomic E-state index is 12.1. The average molecular weight is 238 g/mol. The van der Waals surface area contributed by atoms with Gasteiger partial charge in [0.25, 0.3) is 0 Å². The summed E-state index contributed by atoms with van der Waals surface area (Å²) in [5.41, 5.74) is 0. The van der Waals surface area contributed by atoms with Gasteiger partial charge in [0.15, 0.2) is 0 Å². The number of nitrogens with one attached hydrogen (secondary N) is 1. The fourth-order valence-electron chi connectivity index (χ4n) is 3.00. The topological polar surface area (TPSA) is 49.4 Å². The van der Waals surface area contributed by atoms with E-state index in [0.29, 0.717) is 18.8 Å². The number of carbonyl (C=O) groups is 2. The number of carbonyl (C=O) groups excluding carboxylic acids is 2. The van der Waals surface area contributed by atoms with Gasteiger partial charge in [-0.3, -0.25) is 14.5 Å². The number of nitrogens with zero attached hydrogens (tertiary/aromatic N) is 1. The maximum Gasteiger partial charge on any atom is 0.229 e. The molecule has 2 aliphatic heterocycles. The summed E-state index contributed by atoms with van der Waals surface area (Å²) in [6, 6.07) is 0.106. The molecule has 1 N–H and O–H groups in total. The van der Waals surface area contributed by atoms with E-state index in [1.165, 1.54) is 4.90 Å². The standard InChI is InChI=1S/C13H22N2O2/c1-9(2)5-10-6-12(16)15(13(17)7-10)11-3-4-14-8-11/h9-11,14H,3-8H2,1-2H3. The third-order valence-electron chi connectivity index (χ3n) is 3.67. The first kappa shape index (κ1) is 12.6. The second-order valence-electron chi connectivity index (χ2n) is 5.71. The molecule has 4 heteroatoms. The van der Waals surface area contributed by atoms with Crippen LogP contribution in [0, 0.1) is 11.8 Å². The van der Waals surface area contributed by atoms with Crippen LogP contribution in [0.3, 0.4) is 0 Å². The highest BCUT2D eigenvalue weighted by molar-refractivity contribution is 5.98. The molecule has 0 spiro atoms. The molecule has 0 radical (unpaired) electrons. The van der Waals surface area contributed by atoms with Crippen molar-refractivity contribution in [1.82, 2.24) is 10.2 Å². The third-order valence-corrected chi connectivity index (χ3v) is 3.67. The van der Waals surface area contributed by atoms with E-state index in [2.05, 4.69) is 19.2 Å². The predicted octanol–water partition coefficient (Wildman–Crippen LogP) is 1.16. The summed E-state index contributed by atoms with van der Waals surface area (Å²) in [5, 5.41) is 3.21. The van der Waals surface area contributed by atoms with Crippen molar-refractivity contribution in [2.75, 3.05) is 13.1 Å². The van der Waals surface area contributed by atoms with Crippen molar-refractivity contribution >= 4 is 11.8 Å². The van der Waals surface area contributed by atoms with Gasteiger partial charge in [0.2, 0.25) is 11.8 Å². The van der Waals surface area contributed by atoms with E-state index in [0.717, 1.165) is 25.9 Å². The minimum Gasteiger partial charge on any atom is -0.315 e. The number of piperidine rings is 1. The quantitative estimate of drug-likeness (QED) is 0.751. The van der Waals surface area contributed by atoms with E-state index in [-0.39, 0.29) is 23.8 Å². The summed E-state index contributed by atoms with van der Waals surface area (Å²) in [5.74, 6) is 0.905. The van der Waals surface area contributed by atoms with Gasteiger partial charge in [-0.15, -0.1) is 0 Å². The van der Waals surface area contributed by atoms with E-state index in [1.54, 1.807) is 0 Å². The zero-order valence-corrected chi connectivity index (χ0v) is 10.7. The molecule has 1 atom stereocenters. The van der Waals surface area contributed by atoms with Crippen LogP contribution in [0.15, 0.2) is 0 Å². The van der Waals surface area contributed by atoms with Gasteiger partial charge >= 0.3 is 0 Å². The lowest BCUT2D eigenvalue weighted by atomic mass is 9.87. The van der Waals surface area contributed by atoms with Crippen molar-refractivity contribution < 1.29 is 9.59 Å². The molecule has 0 aromatic rings. The van der Waals surface area contributed by atoms with Crippen LogP contribution in [0.5, 0.6) is 0 Å². The van der Waals surface area contributed by atoms with Crippen LogP contribution in [-0.2, 0) is 9.59 Å². The highest BCUT2D eigenvalue weighted by Crippen LogP contribution is 2.27. The largest absolute Gasteiger partial charge is 0.315 e. The molecule has 2 fully saturated rings. The van der Waals surface area contributed by atoms with E-state index in [1.807, 2.05) is 0 Å². The zero-order chi connectivity index (χ0) is 12.4. The second kappa shape index (κ2) is 5.17. The molecular formula is C13H22N2O2. The molecule has 2 saturated heterocycles. The van der Waals surface area contributed by atoms with Crippen molar-refractivity contribution in [3.63, 3.8) is 0 Å². The van der Waals surface area contributed by atoms with Crippen molar-refractivity contribution in [2.24, 2.45) is 11.8 Å². The van der Waals surface area contributed by atoms with Gasteiger partial charge in [-0.25, -0.2) is 0 Å². The summed E-state index contributed by atoms with van der Waals surface area (Å²) in [6.45, 7) is 5.97. The maximum absolute atomic E-state index is 12.1. The normalized spacial score (nSPS) is 27.2. The first-order chi connectivity index (χ1) is 8.08. The minimum absolute atomic E-state index is 0.0422. The molecule has 1 unspecified atom stereocenters. The molecule has 0 aromatic carbocycles. The van der Waals surface area contributed by atoms with Crippen molar-refractivity contribution in [1.29, 1.82) is 0 Å². The van der Waals surface area contributed by atoms with Crippen LogP contribution in [-0.4, -0.2) is 35.8 Å². The first-order valence-corrected chi connectivity index (χ1v) is 6.63. The SMILES string of the molecule is CC(C)CC1CC(=O)N(C2CCNC2)C(=O)C1. The van der Waals surface area contributed by atoms with Gasteiger partial charge in [-0.1, -0.05) is 13.8 Å². The Bertz CT molecular complexity index is 291. The number of amides is 2. The fraction of sp³-hybridized carbons (Fsp3) is 0.846. The molecule has 2 heterocycles. The molecular weight excluding hydrogens is 216 g/mol. The number of likely N-dealkylation sites (tertiary alicyclic amines) is 1. The van der Waals surface area contributed by atoms with Crippen LogP contribution in [0.4, 0.5) is 0 Å². The van der Waals surface area contributed by atoms with Crippen molar-refractivity contribution in [2.45, 2.75) is 45.6 Å². The lowest BCUT2D eigenvalue weighted by Gasteiger charge is -2.34. The highest BCUT2D eigenvalue weighted by atomic mass is 16.2. The van der Waals surface area contributed by atoms with Crippen LogP contribution >= 0.6 is 0 Å². The van der Waals surface area contributed by atoms with Crippen LogP contribution in [0.2, 0.25) is 0 Å². The van der Waals surface area contributed by atoms with E-state index in [4.69, 9.17) is 0 Å². The summed E-state index contributed by atoms with van der Waals surface area (Å²) in [7, 11) is 0. The lowest BCUT2D eigenvalue weighted by molar-refractivity contribution is -0.152. The van der Waals surface area contributed by atoms with Crippen molar-refractivity contribution in [3.05, 3.63) is 0 Å². The Morgan fingerprint density at radius 3 is 2.41 bits per heavy atom. The predicted molar refractivity (Wildman–Crippen MR) is 65.3 cm³/mol. The summed E-state index contributed by atoms with van der Waals surface area (Å²) >= 11 is 0. The monoisotopic (exact) mass is 238 g/mol.